The minimum absolute atomic E-state index is 0.217. The van der Waals surface area contributed by atoms with Crippen LogP contribution in [0.15, 0.2) is 70.8 Å². The number of carbonyl (C=O) groups is 2. The lowest BCUT2D eigenvalue weighted by atomic mass is 10.2. The van der Waals surface area contributed by atoms with Gasteiger partial charge in [0.1, 0.15) is 5.01 Å². The number of nitrogens with zero attached hydrogens (tertiary/aromatic N) is 1. The van der Waals surface area contributed by atoms with Gasteiger partial charge >= 0.3 is 0 Å². The van der Waals surface area contributed by atoms with Crippen LogP contribution >= 0.6 is 22.7 Å². The minimum Gasteiger partial charge on any atom is -0.459 e. The number of thiophene rings is 1. The number of aromatic nitrogens is 1. The van der Waals surface area contributed by atoms with Gasteiger partial charge in [-0.3, -0.25) is 9.59 Å². The average molecular weight is 395 g/mol. The number of furan rings is 1. The molecule has 4 rings (SSSR count). The maximum absolute atomic E-state index is 12.4. The molecule has 0 aliphatic carbocycles. The molecule has 0 bridgehead atoms. The predicted molar refractivity (Wildman–Crippen MR) is 106 cm³/mol. The summed E-state index contributed by atoms with van der Waals surface area (Å²) in [4.78, 5) is 29.1. The van der Waals surface area contributed by atoms with Crippen molar-refractivity contribution in [2.24, 2.45) is 0 Å². The number of rotatable bonds is 5. The number of carbonyl (C=O) groups excluding carboxylic acids is 2. The van der Waals surface area contributed by atoms with Gasteiger partial charge in [0.25, 0.3) is 11.8 Å². The molecular weight excluding hydrogens is 382 g/mol. The molecular formula is C19H13N3O3S2. The molecule has 4 aromatic rings. The second kappa shape index (κ2) is 7.56. The zero-order chi connectivity index (χ0) is 18.6. The SMILES string of the molecule is O=C(Nc1ccc(C(=O)Nc2ccc(-c3nccs3)cc2)s1)c1ccco1. The van der Waals surface area contributed by atoms with Crippen molar-refractivity contribution in [3.63, 3.8) is 0 Å². The molecule has 0 atom stereocenters. The standard InChI is InChI=1S/C19H13N3O3S2/c23-17(14-2-1-10-25-14)22-16-8-7-15(27-16)18(24)21-13-5-3-12(4-6-13)19-20-9-11-26-19/h1-11H,(H,21,24)(H,22,23). The quantitative estimate of drug-likeness (QED) is 0.500. The van der Waals surface area contributed by atoms with Gasteiger partial charge in [0, 0.05) is 22.8 Å². The summed E-state index contributed by atoms with van der Waals surface area (Å²) in [6.45, 7) is 0. The molecule has 0 aliphatic rings. The highest BCUT2D eigenvalue weighted by Crippen LogP contribution is 2.25. The third-order valence-electron chi connectivity index (χ3n) is 3.63. The van der Waals surface area contributed by atoms with E-state index in [-0.39, 0.29) is 17.6 Å². The van der Waals surface area contributed by atoms with Crippen LogP contribution < -0.4 is 10.6 Å². The maximum Gasteiger partial charge on any atom is 0.291 e. The first-order valence-electron chi connectivity index (χ1n) is 7.95. The Morgan fingerprint density at radius 2 is 1.81 bits per heavy atom. The van der Waals surface area contributed by atoms with Crippen molar-refractivity contribution in [3.8, 4) is 10.6 Å². The third-order valence-corrected chi connectivity index (χ3v) is 5.46. The summed E-state index contributed by atoms with van der Waals surface area (Å²) < 4.78 is 5.05. The van der Waals surface area contributed by atoms with E-state index in [1.54, 1.807) is 41.8 Å². The summed E-state index contributed by atoms with van der Waals surface area (Å²) in [5.74, 6) is -0.373. The molecule has 134 valence electrons. The largest absolute Gasteiger partial charge is 0.459 e. The van der Waals surface area contributed by atoms with Crippen molar-refractivity contribution in [1.29, 1.82) is 0 Å². The lowest BCUT2D eigenvalue weighted by Gasteiger charge is -2.04. The van der Waals surface area contributed by atoms with Gasteiger partial charge in [-0.25, -0.2) is 4.98 Å². The molecule has 27 heavy (non-hydrogen) atoms. The molecule has 0 saturated carbocycles. The van der Waals surface area contributed by atoms with Crippen LogP contribution in [-0.2, 0) is 0 Å². The Balaban J connectivity index is 1.40. The average Bonchev–Trinajstić information content (AvgIpc) is 3.44. The number of anilines is 2. The first-order chi connectivity index (χ1) is 13.2. The monoisotopic (exact) mass is 395 g/mol. The van der Waals surface area contributed by atoms with Gasteiger partial charge in [0.15, 0.2) is 5.76 Å². The molecule has 3 heterocycles. The lowest BCUT2D eigenvalue weighted by molar-refractivity contribution is 0.0995. The second-order valence-electron chi connectivity index (χ2n) is 5.46. The molecule has 0 aliphatic heterocycles. The Labute approximate surface area is 162 Å². The predicted octanol–water partition coefficient (Wildman–Crippen LogP) is 4.97. The van der Waals surface area contributed by atoms with E-state index in [9.17, 15) is 9.59 Å². The lowest BCUT2D eigenvalue weighted by Crippen LogP contribution is -2.10. The van der Waals surface area contributed by atoms with Gasteiger partial charge in [-0.05, 0) is 48.5 Å². The fourth-order valence-corrected chi connectivity index (χ4v) is 3.80. The zero-order valence-corrected chi connectivity index (χ0v) is 15.5. The van der Waals surface area contributed by atoms with Crippen LogP contribution in [0.1, 0.15) is 20.2 Å². The van der Waals surface area contributed by atoms with E-state index in [1.807, 2.05) is 29.6 Å². The highest BCUT2D eigenvalue weighted by Gasteiger charge is 2.13. The number of benzene rings is 1. The Hall–Kier alpha value is -3.23. The van der Waals surface area contributed by atoms with E-state index in [2.05, 4.69) is 15.6 Å². The summed E-state index contributed by atoms with van der Waals surface area (Å²) in [5.41, 5.74) is 1.69. The van der Waals surface area contributed by atoms with E-state index >= 15 is 0 Å². The molecule has 6 nitrogen and oxygen atoms in total. The minimum atomic E-state index is -0.355. The van der Waals surface area contributed by atoms with E-state index in [0.717, 1.165) is 10.6 Å². The molecule has 0 unspecified atom stereocenters. The van der Waals surface area contributed by atoms with Gasteiger partial charge in [-0.2, -0.15) is 0 Å². The van der Waals surface area contributed by atoms with Crippen LogP contribution in [0.5, 0.6) is 0 Å². The van der Waals surface area contributed by atoms with E-state index < -0.39 is 0 Å². The summed E-state index contributed by atoms with van der Waals surface area (Å²) in [7, 11) is 0. The molecule has 0 spiro atoms. The summed E-state index contributed by atoms with van der Waals surface area (Å²) in [5, 5.41) is 8.98. The second-order valence-corrected chi connectivity index (χ2v) is 7.44. The van der Waals surface area contributed by atoms with E-state index in [0.29, 0.717) is 15.6 Å². The number of amides is 2. The van der Waals surface area contributed by atoms with Crippen LogP contribution in [-0.4, -0.2) is 16.8 Å². The fourth-order valence-electron chi connectivity index (χ4n) is 2.36. The Morgan fingerprint density at radius 3 is 2.52 bits per heavy atom. The topological polar surface area (TPSA) is 84.2 Å². The maximum atomic E-state index is 12.4. The fraction of sp³-hybridized carbons (Fsp3) is 0. The van der Waals surface area contributed by atoms with Gasteiger partial charge in [-0.1, -0.05) is 0 Å². The Morgan fingerprint density at radius 1 is 0.963 bits per heavy atom. The first kappa shape index (κ1) is 17.2. The van der Waals surface area contributed by atoms with E-state index in [1.165, 1.54) is 17.6 Å². The van der Waals surface area contributed by atoms with Gasteiger partial charge < -0.3 is 15.1 Å². The molecule has 3 aromatic heterocycles. The molecule has 2 N–H and O–H groups in total. The highest BCUT2D eigenvalue weighted by atomic mass is 32.1. The third kappa shape index (κ3) is 3.97. The van der Waals surface area contributed by atoms with Crippen molar-refractivity contribution in [2.45, 2.75) is 0 Å². The van der Waals surface area contributed by atoms with Crippen molar-refractivity contribution >= 4 is 45.2 Å². The summed E-state index contributed by atoms with van der Waals surface area (Å²) in [6.07, 6.45) is 3.19. The van der Waals surface area contributed by atoms with Crippen LogP contribution in [0.4, 0.5) is 10.7 Å². The number of nitrogens with one attached hydrogen (secondary N) is 2. The van der Waals surface area contributed by atoms with Gasteiger partial charge in [0.05, 0.1) is 16.1 Å². The molecule has 0 fully saturated rings. The summed E-state index contributed by atoms with van der Waals surface area (Å²) in [6, 6.07) is 14.1. The highest BCUT2D eigenvalue weighted by molar-refractivity contribution is 7.18. The summed E-state index contributed by atoms with van der Waals surface area (Å²) >= 11 is 2.75. The van der Waals surface area contributed by atoms with Crippen LogP contribution in [0.2, 0.25) is 0 Å². The molecule has 0 radical (unpaired) electrons. The molecule has 2 amide bonds. The number of hydrogen-bond donors (Lipinski definition) is 2. The molecule has 0 saturated heterocycles. The normalized spacial score (nSPS) is 10.5. The van der Waals surface area contributed by atoms with Gasteiger partial charge in [0.2, 0.25) is 0 Å². The van der Waals surface area contributed by atoms with Crippen molar-refractivity contribution in [3.05, 3.63) is 77.0 Å². The van der Waals surface area contributed by atoms with Crippen molar-refractivity contribution in [2.75, 3.05) is 10.6 Å². The number of thiazole rings is 1. The van der Waals surface area contributed by atoms with Crippen molar-refractivity contribution in [1.82, 2.24) is 4.98 Å². The zero-order valence-electron chi connectivity index (χ0n) is 13.8. The van der Waals surface area contributed by atoms with E-state index in [4.69, 9.17) is 4.42 Å². The van der Waals surface area contributed by atoms with Crippen LogP contribution in [0.25, 0.3) is 10.6 Å². The molecule has 8 heteroatoms. The Kier molecular flexibility index (Phi) is 4.82. The van der Waals surface area contributed by atoms with Gasteiger partial charge in [-0.15, -0.1) is 22.7 Å². The first-order valence-corrected chi connectivity index (χ1v) is 9.64. The van der Waals surface area contributed by atoms with Crippen LogP contribution in [0.3, 0.4) is 0 Å². The van der Waals surface area contributed by atoms with Crippen molar-refractivity contribution < 1.29 is 14.0 Å². The molecule has 1 aromatic carbocycles. The Bertz CT molecular complexity index is 1050. The van der Waals surface area contributed by atoms with Crippen LogP contribution in [0, 0.1) is 0 Å². The smallest absolute Gasteiger partial charge is 0.291 e. The number of hydrogen-bond acceptors (Lipinski definition) is 6.